The zero-order chi connectivity index (χ0) is 12.3. The highest BCUT2D eigenvalue weighted by Crippen LogP contribution is 2.42. The summed E-state index contributed by atoms with van der Waals surface area (Å²) in [5.74, 6) is 1.02. The van der Waals surface area contributed by atoms with Crippen molar-refractivity contribution in [2.45, 2.75) is 32.2 Å². The highest BCUT2D eigenvalue weighted by molar-refractivity contribution is 5.31. The Morgan fingerprint density at radius 3 is 2.76 bits per heavy atom. The maximum absolute atomic E-state index is 14.0. The second-order valence-corrected chi connectivity index (χ2v) is 4.66. The number of benzene rings is 1. The minimum absolute atomic E-state index is 0.162. The zero-order valence-electron chi connectivity index (χ0n) is 10.5. The highest BCUT2D eigenvalue weighted by atomic mass is 19.1. The fourth-order valence-electron chi connectivity index (χ4n) is 2.15. The SMILES string of the molecule is CCCNC(c1ccc(OC)cc1F)C1CC1. The minimum atomic E-state index is -0.162. The molecule has 1 aromatic carbocycles. The van der Waals surface area contributed by atoms with Gasteiger partial charge in [0.2, 0.25) is 0 Å². The lowest BCUT2D eigenvalue weighted by Crippen LogP contribution is -2.24. The molecule has 0 aliphatic heterocycles. The first-order valence-corrected chi connectivity index (χ1v) is 6.33. The number of rotatable bonds is 6. The molecule has 1 aliphatic carbocycles. The monoisotopic (exact) mass is 237 g/mol. The van der Waals surface area contributed by atoms with E-state index in [9.17, 15) is 4.39 Å². The van der Waals surface area contributed by atoms with Crippen molar-refractivity contribution in [1.29, 1.82) is 0 Å². The van der Waals surface area contributed by atoms with Crippen LogP contribution in [0.5, 0.6) is 5.75 Å². The molecular weight excluding hydrogens is 217 g/mol. The Labute approximate surface area is 102 Å². The van der Waals surface area contributed by atoms with E-state index in [0.717, 1.165) is 18.5 Å². The van der Waals surface area contributed by atoms with Gasteiger partial charge in [-0.3, -0.25) is 0 Å². The van der Waals surface area contributed by atoms with Crippen molar-refractivity contribution in [3.8, 4) is 5.75 Å². The maximum Gasteiger partial charge on any atom is 0.131 e. The number of hydrogen-bond acceptors (Lipinski definition) is 2. The van der Waals surface area contributed by atoms with Crippen molar-refractivity contribution in [2.75, 3.05) is 13.7 Å². The standard InChI is InChI=1S/C14H20FNO/c1-3-8-16-14(10-4-5-10)12-7-6-11(17-2)9-13(12)15/h6-7,9-10,14,16H,3-5,8H2,1-2H3. The predicted molar refractivity (Wildman–Crippen MR) is 66.7 cm³/mol. The van der Waals surface area contributed by atoms with Crippen LogP contribution in [-0.2, 0) is 0 Å². The van der Waals surface area contributed by atoms with Gasteiger partial charge in [-0.2, -0.15) is 0 Å². The van der Waals surface area contributed by atoms with Crippen LogP contribution in [0.1, 0.15) is 37.8 Å². The summed E-state index contributed by atoms with van der Waals surface area (Å²) in [6, 6.07) is 5.32. The van der Waals surface area contributed by atoms with Crippen LogP contribution in [0.25, 0.3) is 0 Å². The summed E-state index contributed by atoms with van der Waals surface area (Å²) in [7, 11) is 1.56. The molecule has 1 unspecified atom stereocenters. The third-order valence-electron chi connectivity index (χ3n) is 3.25. The molecule has 0 heterocycles. The number of halogens is 1. The Kier molecular flexibility index (Phi) is 4.00. The van der Waals surface area contributed by atoms with Crippen LogP contribution in [0.2, 0.25) is 0 Å². The molecule has 0 radical (unpaired) electrons. The Morgan fingerprint density at radius 2 is 2.24 bits per heavy atom. The lowest BCUT2D eigenvalue weighted by molar-refractivity contribution is 0.407. The van der Waals surface area contributed by atoms with Gasteiger partial charge in [0, 0.05) is 17.7 Å². The molecule has 0 amide bonds. The van der Waals surface area contributed by atoms with Crippen LogP contribution < -0.4 is 10.1 Å². The Morgan fingerprint density at radius 1 is 1.47 bits per heavy atom. The maximum atomic E-state index is 14.0. The van der Waals surface area contributed by atoms with Gasteiger partial charge in [-0.15, -0.1) is 0 Å². The lowest BCUT2D eigenvalue weighted by atomic mass is 10.0. The molecule has 1 N–H and O–H groups in total. The number of ether oxygens (including phenoxy) is 1. The van der Waals surface area contributed by atoms with Crippen molar-refractivity contribution in [1.82, 2.24) is 5.32 Å². The van der Waals surface area contributed by atoms with Gasteiger partial charge >= 0.3 is 0 Å². The van der Waals surface area contributed by atoms with Crippen LogP contribution in [-0.4, -0.2) is 13.7 Å². The van der Waals surface area contributed by atoms with Gasteiger partial charge in [0.25, 0.3) is 0 Å². The van der Waals surface area contributed by atoms with E-state index < -0.39 is 0 Å². The Hall–Kier alpha value is -1.09. The number of nitrogens with one attached hydrogen (secondary N) is 1. The Bertz CT molecular complexity index is 376. The summed E-state index contributed by atoms with van der Waals surface area (Å²) in [6.45, 7) is 3.06. The molecule has 0 aromatic heterocycles. The molecule has 2 rings (SSSR count). The van der Waals surface area contributed by atoms with E-state index in [1.165, 1.54) is 18.9 Å². The van der Waals surface area contributed by atoms with Gasteiger partial charge in [-0.25, -0.2) is 4.39 Å². The number of methoxy groups -OCH3 is 1. The minimum Gasteiger partial charge on any atom is -0.497 e. The first-order chi connectivity index (χ1) is 8.26. The van der Waals surface area contributed by atoms with Crippen molar-refractivity contribution in [2.24, 2.45) is 5.92 Å². The van der Waals surface area contributed by atoms with Crippen LogP contribution in [0.4, 0.5) is 4.39 Å². The molecule has 2 nitrogen and oxygen atoms in total. The van der Waals surface area contributed by atoms with Crippen LogP contribution >= 0.6 is 0 Å². The average molecular weight is 237 g/mol. The fraction of sp³-hybridized carbons (Fsp3) is 0.571. The molecule has 1 atom stereocenters. The molecule has 1 aliphatic rings. The molecule has 1 fully saturated rings. The number of hydrogen-bond donors (Lipinski definition) is 1. The highest BCUT2D eigenvalue weighted by Gasteiger charge is 2.33. The summed E-state index contributed by atoms with van der Waals surface area (Å²) >= 11 is 0. The van der Waals surface area contributed by atoms with Crippen LogP contribution in [0.3, 0.4) is 0 Å². The van der Waals surface area contributed by atoms with E-state index in [-0.39, 0.29) is 11.9 Å². The molecule has 0 spiro atoms. The summed E-state index contributed by atoms with van der Waals surface area (Å²) in [4.78, 5) is 0. The molecule has 94 valence electrons. The molecule has 3 heteroatoms. The van der Waals surface area contributed by atoms with Crippen molar-refractivity contribution >= 4 is 0 Å². The first kappa shape index (κ1) is 12.4. The molecule has 0 saturated heterocycles. The molecule has 17 heavy (non-hydrogen) atoms. The van der Waals surface area contributed by atoms with Gasteiger partial charge < -0.3 is 10.1 Å². The molecular formula is C14H20FNO. The third-order valence-corrected chi connectivity index (χ3v) is 3.25. The zero-order valence-corrected chi connectivity index (χ0v) is 10.5. The van der Waals surface area contributed by atoms with Gasteiger partial charge in [0.05, 0.1) is 7.11 Å². The van der Waals surface area contributed by atoms with Gasteiger partial charge in [-0.05, 0) is 37.8 Å². The van der Waals surface area contributed by atoms with Crippen molar-refractivity contribution in [3.05, 3.63) is 29.6 Å². The third kappa shape index (κ3) is 2.97. The largest absolute Gasteiger partial charge is 0.497 e. The van der Waals surface area contributed by atoms with E-state index in [1.54, 1.807) is 7.11 Å². The van der Waals surface area contributed by atoms with Gasteiger partial charge in [-0.1, -0.05) is 13.0 Å². The second-order valence-electron chi connectivity index (χ2n) is 4.66. The second kappa shape index (κ2) is 5.50. The van der Waals surface area contributed by atoms with Crippen molar-refractivity contribution in [3.63, 3.8) is 0 Å². The van der Waals surface area contributed by atoms with E-state index in [4.69, 9.17) is 4.74 Å². The summed E-state index contributed by atoms with van der Waals surface area (Å²) in [5, 5.41) is 3.45. The Balaban J connectivity index is 2.16. The first-order valence-electron chi connectivity index (χ1n) is 6.33. The van der Waals surface area contributed by atoms with Gasteiger partial charge in [0.15, 0.2) is 0 Å². The van der Waals surface area contributed by atoms with Gasteiger partial charge in [0.1, 0.15) is 11.6 Å². The summed E-state index contributed by atoms with van der Waals surface area (Å²) in [6.07, 6.45) is 3.47. The molecule has 1 aromatic rings. The predicted octanol–water partition coefficient (Wildman–Crippen LogP) is 3.29. The quantitative estimate of drug-likeness (QED) is 0.819. The average Bonchev–Trinajstić information content (AvgIpc) is 3.15. The van der Waals surface area contributed by atoms with Crippen LogP contribution in [0.15, 0.2) is 18.2 Å². The van der Waals surface area contributed by atoms with E-state index in [1.807, 2.05) is 12.1 Å². The normalized spacial score (nSPS) is 16.9. The van der Waals surface area contributed by atoms with Crippen LogP contribution in [0, 0.1) is 11.7 Å². The van der Waals surface area contributed by atoms with E-state index >= 15 is 0 Å². The lowest BCUT2D eigenvalue weighted by Gasteiger charge is -2.19. The smallest absolute Gasteiger partial charge is 0.131 e. The molecule has 0 bridgehead atoms. The molecule has 1 saturated carbocycles. The van der Waals surface area contributed by atoms with E-state index in [0.29, 0.717) is 11.7 Å². The summed E-state index contributed by atoms with van der Waals surface area (Å²) < 4.78 is 19.0. The van der Waals surface area contributed by atoms with E-state index in [2.05, 4.69) is 12.2 Å². The van der Waals surface area contributed by atoms with Crippen molar-refractivity contribution < 1.29 is 9.13 Å². The topological polar surface area (TPSA) is 21.3 Å². The fourth-order valence-corrected chi connectivity index (χ4v) is 2.15. The summed E-state index contributed by atoms with van der Waals surface area (Å²) in [5.41, 5.74) is 0.779.